The Morgan fingerprint density at radius 2 is 2.00 bits per heavy atom. The Balaban J connectivity index is 2.06. The van der Waals surface area contributed by atoms with Gasteiger partial charge in [0.2, 0.25) is 0 Å². The molecule has 17 heavy (non-hydrogen) atoms. The summed E-state index contributed by atoms with van der Waals surface area (Å²) in [5.41, 5.74) is 0. The van der Waals surface area contributed by atoms with Crippen molar-refractivity contribution in [3.05, 3.63) is 30.3 Å². The normalized spacial score (nSPS) is 9.94. The molecule has 0 atom stereocenters. The lowest BCUT2D eigenvalue weighted by atomic mass is 10.3. The maximum Gasteiger partial charge on any atom is 0.412 e. The summed E-state index contributed by atoms with van der Waals surface area (Å²) in [6.07, 6.45) is 1.72. The molecule has 94 valence electrons. The zero-order valence-electron chi connectivity index (χ0n) is 10.1. The summed E-state index contributed by atoms with van der Waals surface area (Å²) in [6, 6.07) is 8.97. The fraction of sp³-hybridized carbons (Fsp3) is 0.462. The molecular formula is C13H19NO3. The van der Waals surface area contributed by atoms with Crippen molar-refractivity contribution in [3.63, 3.8) is 0 Å². The summed E-state index contributed by atoms with van der Waals surface area (Å²) in [5, 5.41) is 2.62. The number of amides is 1. The first kappa shape index (κ1) is 13.5. The van der Waals surface area contributed by atoms with Gasteiger partial charge in [-0.25, -0.2) is 4.79 Å². The van der Waals surface area contributed by atoms with Gasteiger partial charge >= 0.3 is 6.09 Å². The highest BCUT2D eigenvalue weighted by atomic mass is 16.6. The number of hydrogen-bond donors (Lipinski definition) is 1. The van der Waals surface area contributed by atoms with Gasteiger partial charge in [0.25, 0.3) is 0 Å². The number of hydrogen-bond acceptors (Lipinski definition) is 3. The van der Waals surface area contributed by atoms with Crippen LogP contribution < -0.4 is 10.1 Å². The smallest absolute Gasteiger partial charge is 0.410 e. The van der Waals surface area contributed by atoms with Crippen LogP contribution in [0, 0.1) is 0 Å². The van der Waals surface area contributed by atoms with Gasteiger partial charge in [-0.2, -0.15) is 0 Å². The molecule has 0 heterocycles. The number of ether oxygens (including phenoxy) is 2. The monoisotopic (exact) mass is 237 g/mol. The third-order valence-corrected chi connectivity index (χ3v) is 2.11. The largest absolute Gasteiger partial charge is 0.412 e. The first-order valence-corrected chi connectivity index (χ1v) is 5.91. The Hall–Kier alpha value is -1.55. The average molecular weight is 237 g/mol. The molecule has 0 saturated carbocycles. The van der Waals surface area contributed by atoms with Crippen LogP contribution in [0.5, 0.6) is 5.75 Å². The summed E-state index contributed by atoms with van der Waals surface area (Å²) in [5.74, 6) is 0.539. The van der Waals surface area contributed by atoms with E-state index in [0.717, 1.165) is 19.4 Å². The van der Waals surface area contributed by atoms with E-state index in [-0.39, 0.29) is 0 Å². The Morgan fingerprint density at radius 3 is 2.71 bits per heavy atom. The molecule has 0 saturated heterocycles. The highest BCUT2D eigenvalue weighted by Crippen LogP contribution is 2.07. The van der Waals surface area contributed by atoms with Gasteiger partial charge in [-0.3, -0.25) is 0 Å². The molecule has 1 N–H and O–H groups in total. The van der Waals surface area contributed by atoms with E-state index in [1.807, 2.05) is 18.2 Å². The summed E-state index contributed by atoms with van der Waals surface area (Å²) in [6.45, 7) is 3.84. The number of para-hydroxylation sites is 1. The van der Waals surface area contributed by atoms with E-state index in [2.05, 4.69) is 12.2 Å². The number of carbonyl (C=O) groups excluding carboxylic acids is 1. The van der Waals surface area contributed by atoms with Crippen LogP contribution in [0.3, 0.4) is 0 Å². The minimum Gasteiger partial charge on any atom is -0.410 e. The van der Waals surface area contributed by atoms with Crippen molar-refractivity contribution in [1.29, 1.82) is 0 Å². The molecule has 0 aromatic heterocycles. The third-order valence-electron chi connectivity index (χ3n) is 2.11. The zero-order valence-corrected chi connectivity index (χ0v) is 10.1. The van der Waals surface area contributed by atoms with Crippen LogP contribution in [0.25, 0.3) is 0 Å². The highest BCUT2D eigenvalue weighted by molar-refractivity contribution is 5.70. The van der Waals surface area contributed by atoms with Gasteiger partial charge in [0.1, 0.15) is 5.75 Å². The highest BCUT2D eigenvalue weighted by Gasteiger charge is 2.01. The molecule has 1 aromatic rings. The van der Waals surface area contributed by atoms with Crippen LogP contribution in [-0.4, -0.2) is 25.9 Å². The van der Waals surface area contributed by atoms with Gasteiger partial charge in [0.15, 0.2) is 0 Å². The molecule has 0 aliphatic heterocycles. The molecule has 0 aliphatic carbocycles. The summed E-state index contributed by atoms with van der Waals surface area (Å²) < 4.78 is 10.3. The lowest BCUT2D eigenvalue weighted by Gasteiger charge is -2.06. The van der Waals surface area contributed by atoms with Gasteiger partial charge in [-0.05, 0) is 18.6 Å². The first-order valence-electron chi connectivity index (χ1n) is 5.91. The lowest BCUT2D eigenvalue weighted by molar-refractivity contribution is 0.130. The predicted octanol–water partition coefficient (Wildman–Crippen LogP) is 2.59. The van der Waals surface area contributed by atoms with E-state index in [1.165, 1.54) is 0 Å². The average Bonchev–Trinajstić information content (AvgIpc) is 2.35. The Bertz CT molecular complexity index is 314. The van der Waals surface area contributed by atoms with Gasteiger partial charge < -0.3 is 14.8 Å². The van der Waals surface area contributed by atoms with E-state index in [9.17, 15) is 4.79 Å². The quantitative estimate of drug-likeness (QED) is 0.741. The first-order chi connectivity index (χ1) is 8.33. The van der Waals surface area contributed by atoms with Crippen LogP contribution in [0.1, 0.15) is 19.8 Å². The predicted molar refractivity (Wildman–Crippen MR) is 66.2 cm³/mol. The summed E-state index contributed by atoms with van der Waals surface area (Å²) in [7, 11) is 0. The van der Waals surface area contributed by atoms with Crippen molar-refractivity contribution >= 4 is 6.09 Å². The fourth-order valence-corrected chi connectivity index (χ4v) is 1.21. The molecular weight excluding hydrogens is 218 g/mol. The van der Waals surface area contributed by atoms with Crippen LogP contribution >= 0.6 is 0 Å². The van der Waals surface area contributed by atoms with Gasteiger partial charge in [-0.15, -0.1) is 0 Å². The van der Waals surface area contributed by atoms with Crippen LogP contribution in [0.15, 0.2) is 30.3 Å². The van der Waals surface area contributed by atoms with Crippen LogP contribution in [-0.2, 0) is 4.74 Å². The molecule has 1 amide bonds. The maximum atomic E-state index is 11.3. The second-order valence-corrected chi connectivity index (χ2v) is 3.60. The van der Waals surface area contributed by atoms with Crippen molar-refractivity contribution in [2.75, 3.05) is 19.8 Å². The summed E-state index contributed by atoms with van der Waals surface area (Å²) >= 11 is 0. The van der Waals surface area contributed by atoms with E-state index in [1.54, 1.807) is 12.1 Å². The van der Waals surface area contributed by atoms with Crippen LogP contribution in [0.4, 0.5) is 4.79 Å². The fourth-order valence-electron chi connectivity index (χ4n) is 1.21. The van der Waals surface area contributed by atoms with E-state index < -0.39 is 6.09 Å². The van der Waals surface area contributed by atoms with Crippen molar-refractivity contribution < 1.29 is 14.3 Å². The van der Waals surface area contributed by atoms with Gasteiger partial charge in [0.05, 0.1) is 6.61 Å². The Morgan fingerprint density at radius 1 is 1.24 bits per heavy atom. The number of unbranched alkanes of at least 4 members (excludes halogenated alkanes) is 1. The topological polar surface area (TPSA) is 47.6 Å². The number of nitrogens with one attached hydrogen (secondary N) is 1. The zero-order chi connectivity index (χ0) is 12.3. The molecule has 1 aromatic carbocycles. The molecule has 4 nitrogen and oxygen atoms in total. The third kappa shape index (κ3) is 6.58. The van der Waals surface area contributed by atoms with Gasteiger partial charge in [0, 0.05) is 13.2 Å². The molecule has 1 rings (SSSR count). The molecule has 0 bridgehead atoms. The van der Waals surface area contributed by atoms with Crippen molar-refractivity contribution in [1.82, 2.24) is 5.32 Å². The maximum absolute atomic E-state index is 11.3. The van der Waals surface area contributed by atoms with Crippen molar-refractivity contribution in [2.24, 2.45) is 0 Å². The van der Waals surface area contributed by atoms with Crippen LogP contribution in [0.2, 0.25) is 0 Å². The van der Waals surface area contributed by atoms with E-state index in [4.69, 9.17) is 9.47 Å². The van der Waals surface area contributed by atoms with Crippen molar-refractivity contribution in [2.45, 2.75) is 19.8 Å². The molecule has 4 heteroatoms. The minimum atomic E-state index is -0.449. The van der Waals surface area contributed by atoms with Crippen molar-refractivity contribution in [3.8, 4) is 5.75 Å². The minimum absolute atomic E-state index is 0.449. The molecule has 0 unspecified atom stereocenters. The van der Waals surface area contributed by atoms with E-state index in [0.29, 0.717) is 18.9 Å². The molecule has 0 fully saturated rings. The Kier molecular flexibility index (Phi) is 6.82. The second kappa shape index (κ2) is 8.58. The summed E-state index contributed by atoms with van der Waals surface area (Å²) in [4.78, 5) is 11.3. The number of benzene rings is 1. The molecule has 0 spiro atoms. The SMILES string of the molecule is CCCCOCCNC(=O)Oc1ccccc1. The lowest BCUT2D eigenvalue weighted by Crippen LogP contribution is -2.30. The number of carbonyl (C=O) groups is 1. The number of rotatable bonds is 7. The second-order valence-electron chi connectivity index (χ2n) is 3.60. The van der Waals surface area contributed by atoms with E-state index >= 15 is 0 Å². The Labute approximate surface area is 102 Å². The van der Waals surface area contributed by atoms with Gasteiger partial charge in [-0.1, -0.05) is 31.5 Å². The molecule has 0 aliphatic rings. The standard InChI is InChI=1S/C13H19NO3/c1-2-3-10-16-11-9-14-13(15)17-12-7-5-4-6-8-12/h4-8H,2-3,9-11H2,1H3,(H,14,15). The molecule has 0 radical (unpaired) electrons.